The second-order valence-electron chi connectivity index (χ2n) is 14.9. The average molecular weight is 786 g/mol. The Balaban J connectivity index is 1.22. The van der Waals surface area contributed by atoms with Crippen molar-refractivity contribution in [2.24, 2.45) is 10.7 Å². The number of carbonyl (C=O) groups is 6. The smallest absolute Gasteiger partial charge is 0.303 e. The summed E-state index contributed by atoms with van der Waals surface area (Å²) in [5.41, 5.74) is 7.70. The van der Waals surface area contributed by atoms with Gasteiger partial charge < -0.3 is 42.4 Å². The number of dihydropyridines is 1. The first kappa shape index (κ1) is 42.3. The minimum Gasteiger partial charge on any atom is -0.481 e. The van der Waals surface area contributed by atoms with Crippen LogP contribution in [0.4, 0.5) is 5.95 Å². The van der Waals surface area contributed by atoms with E-state index in [1.54, 1.807) is 24.4 Å². The molecule has 0 aromatic carbocycles. The van der Waals surface area contributed by atoms with Crippen LogP contribution in [0.5, 0.6) is 0 Å². The Kier molecular flexibility index (Phi) is 15.5. The number of imidazole rings is 1. The van der Waals surface area contributed by atoms with E-state index in [1.165, 1.54) is 6.08 Å². The summed E-state index contributed by atoms with van der Waals surface area (Å²) in [6.45, 7) is 1.06. The van der Waals surface area contributed by atoms with Gasteiger partial charge in [0.2, 0.25) is 29.6 Å². The number of nitrogens with zero attached hydrogens (tertiary/aromatic N) is 2. The van der Waals surface area contributed by atoms with Crippen LogP contribution in [0.25, 0.3) is 6.08 Å². The fourth-order valence-electron chi connectivity index (χ4n) is 7.29. The number of aliphatic imine (C=N–C) groups is 1. The number of anilines is 1. The normalized spacial score (nSPS) is 19.3. The first-order valence-electron chi connectivity index (χ1n) is 20.0. The number of carbonyl (C=O) groups excluding carboxylic acids is 5. The lowest BCUT2D eigenvalue weighted by atomic mass is 9.80. The number of fused-ring (bicyclic) bond motifs is 1. The predicted molar refractivity (Wildman–Crippen MR) is 216 cm³/mol. The molecule has 1 saturated carbocycles. The van der Waals surface area contributed by atoms with Crippen LogP contribution >= 0.6 is 0 Å². The molecule has 0 bridgehead atoms. The maximum absolute atomic E-state index is 14.0. The third kappa shape index (κ3) is 12.9. The van der Waals surface area contributed by atoms with Gasteiger partial charge in [0.25, 0.3) is 5.91 Å². The van der Waals surface area contributed by atoms with Gasteiger partial charge in [0.05, 0.1) is 17.4 Å². The number of allylic oxidation sites excluding steroid dienone is 3. The lowest BCUT2D eigenvalue weighted by Gasteiger charge is -2.36. The molecule has 5 rings (SSSR count). The van der Waals surface area contributed by atoms with Crippen LogP contribution in [0.3, 0.4) is 0 Å². The van der Waals surface area contributed by atoms with Crippen LogP contribution in [0.1, 0.15) is 101 Å². The molecule has 57 heavy (non-hydrogen) atoms. The first-order chi connectivity index (χ1) is 27.5. The van der Waals surface area contributed by atoms with Gasteiger partial charge >= 0.3 is 5.97 Å². The highest BCUT2D eigenvalue weighted by atomic mass is 16.4. The van der Waals surface area contributed by atoms with Crippen LogP contribution < -0.4 is 32.3 Å². The van der Waals surface area contributed by atoms with Crippen molar-refractivity contribution in [3.63, 3.8) is 0 Å². The summed E-state index contributed by atoms with van der Waals surface area (Å²) in [5, 5.41) is 23.8. The molecule has 0 spiro atoms. The van der Waals surface area contributed by atoms with E-state index in [0.29, 0.717) is 63.0 Å². The summed E-state index contributed by atoms with van der Waals surface area (Å²) < 4.78 is 0. The summed E-state index contributed by atoms with van der Waals surface area (Å²) in [7, 11) is 0. The van der Waals surface area contributed by atoms with E-state index in [-0.39, 0.29) is 37.6 Å². The maximum atomic E-state index is 14.0. The van der Waals surface area contributed by atoms with Gasteiger partial charge in [-0.2, -0.15) is 0 Å². The van der Waals surface area contributed by atoms with Crippen LogP contribution in [0, 0.1) is 0 Å². The molecule has 2 heterocycles. The van der Waals surface area contributed by atoms with Crippen molar-refractivity contribution in [3.05, 3.63) is 65.1 Å². The number of aromatic nitrogens is 2. The summed E-state index contributed by atoms with van der Waals surface area (Å²) in [4.78, 5) is 89.6. The molecule has 3 aliphatic carbocycles. The Morgan fingerprint density at radius 3 is 2.46 bits per heavy atom. The number of rotatable bonds is 20. The lowest BCUT2D eigenvalue weighted by Crippen LogP contribution is -2.62. The lowest BCUT2D eigenvalue weighted by molar-refractivity contribution is -0.138. The number of primary amides is 1. The average Bonchev–Trinajstić information content (AvgIpc) is 3.62. The Morgan fingerprint density at radius 1 is 0.965 bits per heavy atom. The number of hydrogen-bond acceptors (Lipinski definition) is 9. The van der Waals surface area contributed by atoms with Crippen LogP contribution in [-0.4, -0.2) is 93.5 Å². The van der Waals surface area contributed by atoms with E-state index in [2.05, 4.69) is 47.6 Å². The summed E-state index contributed by atoms with van der Waals surface area (Å²) in [5.74, 6) is -3.10. The van der Waals surface area contributed by atoms with Gasteiger partial charge in [-0.25, -0.2) is 4.98 Å². The molecular weight excluding hydrogens is 731 g/mol. The number of aliphatic carboxylic acids is 1. The molecule has 3 atom stereocenters. The van der Waals surface area contributed by atoms with Gasteiger partial charge in [-0.3, -0.25) is 33.8 Å². The Labute approximate surface area is 332 Å². The standard InChI is InChI=1S/C41H55N9O7/c42-39(57)41(22-5-1-6-23-41)50-38(56)33(14-8-15-35(52)53)47-37(55)32(13-4-7-25-44-34(51)21-16-27-10-9-24-43-26-27)46-36(54)28-17-19-29(20-18-28)45-40-48-30-11-2-3-12-31(30)49-40/h2,10-11,16-19,21,26,29,32-33H,1,3-9,12-15,20,22-25H2,(H2,42,57)(H,44,51)(H,46,54)(H,47,55)(H,50,56)(H,52,53)(H2,45,48,49)/b21-16+/t29?,32-,33-/m1/s1. The van der Waals surface area contributed by atoms with Crippen LogP contribution in [0.2, 0.25) is 0 Å². The number of nitrogens with one attached hydrogen (secondary N) is 6. The number of amides is 5. The minimum absolute atomic E-state index is 0.0150. The van der Waals surface area contributed by atoms with Gasteiger partial charge in [-0.15, -0.1) is 0 Å². The summed E-state index contributed by atoms with van der Waals surface area (Å²) in [6.07, 6.45) is 23.4. The topological polar surface area (TPSA) is 250 Å². The fraction of sp³-hybridized carbons (Fsp3) is 0.512. The minimum atomic E-state index is -1.26. The number of carboxylic acid groups (broad SMARTS) is 1. The molecule has 5 amide bonds. The third-order valence-corrected chi connectivity index (χ3v) is 10.5. The first-order valence-corrected chi connectivity index (χ1v) is 20.0. The molecule has 1 unspecified atom stereocenters. The number of nitrogens with two attached hydrogens (primary N) is 1. The molecule has 1 aromatic rings. The van der Waals surface area contributed by atoms with Crippen LogP contribution in [0.15, 0.2) is 58.7 Å². The van der Waals surface area contributed by atoms with E-state index < -0.39 is 47.2 Å². The summed E-state index contributed by atoms with van der Waals surface area (Å²) in [6, 6.07) is -2.38. The highest BCUT2D eigenvalue weighted by molar-refractivity contribution is 6.00. The zero-order valence-corrected chi connectivity index (χ0v) is 32.3. The zero-order chi connectivity index (χ0) is 40.6. The van der Waals surface area contributed by atoms with E-state index in [4.69, 9.17) is 5.73 Å². The Hall–Kier alpha value is -5.80. The summed E-state index contributed by atoms with van der Waals surface area (Å²) >= 11 is 0. The van der Waals surface area contributed by atoms with E-state index in [9.17, 15) is 33.9 Å². The number of hydrogen-bond donors (Lipinski definition) is 8. The molecule has 9 N–H and O–H groups in total. The largest absolute Gasteiger partial charge is 0.481 e. The predicted octanol–water partition coefficient (Wildman–Crippen LogP) is 2.81. The second-order valence-corrected chi connectivity index (χ2v) is 14.9. The number of aryl methyl sites for hydroxylation is 1. The molecule has 1 aromatic heterocycles. The Bertz CT molecular complexity index is 1830. The van der Waals surface area contributed by atoms with E-state index in [1.807, 2.05) is 18.2 Å². The van der Waals surface area contributed by atoms with Gasteiger partial charge in [0.1, 0.15) is 17.6 Å². The second kappa shape index (κ2) is 20.9. The molecule has 0 saturated heterocycles. The van der Waals surface area contributed by atoms with Gasteiger partial charge in [0.15, 0.2) is 0 Å². The molecule has 1 aliphatic heterocycles. The molecular formula is C41H55N9O7. The molecule has 1 fully saturated rings. The van der Waals surface area contributed by atoms with E-state index in [0.717, 1.165) is 49.2 Å². The van der Waals surface area contributed by atoms with Crippen molar-refractivity contribution < 1.29 is 33.9 Å². The van der Waals surface area contributed by atoms with E-state index >= 15 is 0 Å². The van der Waals surface area contributed by atoms with Crippen molar-refractivity contribution >= 4 is 53.7 Å². The van der Waals surface area contributed by atoms with Crippen molar-refractivity contribution in [2.75, 3.05) is 18.4 Å². The van der Waals surface area contributed by atoms with Gasteiger partial charge in [-0.1, -0.05) is 49.6 Å². The SMILES string of the molecule is NC(=O)C1(NC(=O)[C@@H](CCCC(=O)O)NC(=O)[C@@H](CCCCNC(=O)/C=C/C2=CCCN=C2)NC(=O)C2=CCC(Nc3nc4c([nH]3)C=CCC4)C=C2)CCCCC1. The fourth-order valence-corrected chi connectivity index (χ4v) is 7.29. The van der Waals surface area contributed by atoms with Gasteiger partial charge in [-0.05, 0) is 88.4 Å². The highest BCUT2D eigenvalue weighted by Crippen LogP contribution is 2.28. The zero-order valence-electron chi connectivity index (χ0n) is 32.3. The van der Waals surface area contributed by atoms with Gasteiger partial charge in [0, 0.05) is 37.4 Å². The number of H-pyrrole nitrogens is 1. The number of aromatic amines is 1. The monoisotopic (exact) mass is 785 g/mol. The van der Waals surface area contributed by atoms with Crippen molar-refractivity contribution in [3.8, 4) is 0 Å². The maximum Gasteiger partial charge on any atom is 0.303 e. The van der Waals surface area contributed by atoms with Crippen molar-refractivity contribution in [1.29, 1.82) is 0 Å². The number of carboxylic acids is 1. The third-order valence-electron chi connectivity index (χ3n) is 10.5. The highest BCUT2D eigenvalue weighted by Gasteiger charge is 2.41. The van der Waals surface area contributed by atoms with Crippen LogP contribution in [-0.2, 0) is 35.2 Å². The quantitative estimate of drug-likeness (QED) is 0.0714. The molecule has 306 valence electrons. The molecule has 16 nitrogen and oxygen atoms in total. The molecule has 0 radical (unpaired) electrons. The number of unbranched alkanes of at least 4 members (excludes halogenated alkanes) is 1. The Morgan fingerprint density at radius 2 is 1.75 bits per heavy atom. The van der Waals surface area contributed by atoms with Crippen molar-refractivity contribution in [1.82, 2.24) is 31.2 Å². The molecule has 4 aliphatic rings. The van der Waals surface area contributed by atoms with Crippen molar-refractivity contribution in [2.45, 2.75) is 120 Å². The molecule has 16 heteroatoms.